The van der Waals surface area contributed by atoms with E-state index in [4.69, 9.17) is 5.26 Å². The average molecular weight is 396 g/mol. The smallest absolute Gasteiger partial charge is 0.238 e. The van der Waals surface area contributed by atoms with E-state index < -0.39 is 0 Å². The number of anilines is 1. The highest BCUT2D eigenvalue weighted by Crippen LogP contribution is 2.40. The summed E-state index contributed by atoms with van der Waals surface area (Å²) >= 11 is 2.67. The number of amides is 1. The van der Waals surface area contributed by atoms with Gasteiger partial charge in [0.1, 0.15) is 16.9 Å². The van der Waals surface area contributed by atoms with E-state index in [1.807, 2.05) is 41.9 Å². The molecule has 0 spiro atoms. The first-order valence-corrected chi connectivity index (χ1v) is 10.4. The molecule has 1 amide bonds. The van der Waals surface area contributed by atoms with Crippen LogP contribution in [0.2, 0.25) is 0 Å². The SMILES string of the molecule is C[C@@H](Sc1nc(C2CC2)n(-c2ccccc2)n1)C(=O)Nc1sccc1C#N. The molecule has 0 saturated heterocycles. The number of nitrogens with one attached hydrogen (secondary N) is 1. The van der Waals surface area contributed by atoms with Gasteiger partial charge in [0.15, 0.2) is 0 Å². The monoisotopic (exact) mass is 395 g/mol. The summed E-state index contributed by atoms with van der Waals surface area (Å²) < 4.78 is 1.89. The molecule has 1 aliphatic carbocycles. The van der Waals surface area contributed by atoms with E-state index in [-0.39, 0.29) is 11.2 Å². The first-order chi connectivity index (χ1) is 13.2. The second-order valence-electron chi connectivity index (χ2n) is 6.30. The number of aromatic nitrogens is 3. The van der Waals surface area contributed by atoms with Crippen LogP contribution in [0.4, 0.5) is 5.00 Å². The summed E-state index contributed by atoms with van der Waals surface area (Å²) in [7, 11) is 0. The number of nitrogens with zero attached hydrogens (tertiary/aromatic N) is 4. The van der Waals surface area contributed by atoms with Crippen LogP contribution in [0.1, 0.15) is 37.1 Å². The molecule has 1 aromatic carbocycles. The number of rotatable bonds is 6. The minimum Gasteiger partial charge on any atom is -0.316 e. The molecule has 0 bridgehead atoms. The molecule has 0 radical (unpaired) electrons. The van der Waals surface area contributed by atoms with Gasteiger partial charge >= 0.3 is 0 Å². The molecule has 1 N–H and O–H groups in total. The van der Waals surface area contributed by atoms with Gasteiger partial charge in [-0.1, -0.05) is 30.0 Å². The van der Waals surface area contributed by atoms with Gasteiger partial charge in [-0.2, -0.15) is 5.26 Å². The van der Waals surface area contributed by atoms with Crippen molar-refractivity contribution < 1.29 is 4.79 Å². The third-order valence-corrected chi connectivity index (χ3v) is 6.01. The second-order valence-corrected chi connectivity index (χ2v) is 8.52. The molecule has 2 heterocycles. The summed E-state index contributed by atoms with van der Waals surface area (Å²) in [6.45, 7) is 1.82. The molecule has 1 saturated carbocycles. The van der Waals surface area contributed by atoms with E-state index in [9.17, 15) is 4.79 Å². The van der Waals surface area contributed by atoms with Crippen molar-refractivity contribution in [2.24, 2.45) is 0 Å². The lowest BCUT2D eigenvalue weighted by atomic mass is 10.3. The summed E-state index contributed by atoms with van der Waals surface area (Å²) in [4.78, 5) is 17.2. The zero-order valence-electron chi connectivity index (χ0n) is 14.6. The van der Waals surface area contributed by atoms with Crippen LogP contribution in [-0.2, 0) is 4.79 Å². The van der Waals surface area contributed by atoms with Gasteiger partial charge in [-0.25, -0.2) is 9.67 Å². The standard InChI is InChI=1S/C19H17N5OS2/c1-12(17(25)22-18-14(11-20)9-10-26-18)27-19-21-16(13-7-8-13)24(23-19)15-5-3-2-4-6-15/h2-6,9-10,12-13H,7-8H2,1H3,(H,22,25)/t12-/m1/s1. The first-order valence-electron chi connectivity index (χ1n) is 8.63. The van der Waals surface area contributed by atoms with Crippen molar-refractivity contribution in [3.05, 3.63) is 53.2 Å². The molecule has 3 aromatic rings. The van der Waals surface area contributed by atoms with Crippen molar-refractivity contribution in [3.8, 4) is 11.8 Å². The van der Waals surface area contributed by atoms with E-state index in [0.717, 1.165) is 24.4 Å². The molecule has 6 nitrogen and oxygen atoms in total. The molecule has 8 heteroatoms. The second kappa shape index (κ2) is 7.55. The molecule has 136 valence electrons. The molecular weight excluding hydrogens is 378 g/mol. The number of carbonyl (C=O) groups is 1. The minimum atomic E-state index is -0.377. The quantitative estimate of drug-likeness (QED) is 0.633. The third-order valence-electron chi connectivity index (χ3n) is 4.23. The Morgan fingerprint density at radius 2 is 2.15 bits per heavy atom. The van der Waals surface area contributed by atoms with Gasteiger partial charge in [0, 0.05) is 5.92 Å². The van der Waals surface area contributed by atoms with Crippen LogP contribution in [0.5, 0.6) is 0 Å². The zero-order valence-corrected chi connectivity index (χ0v) is 16.3. The molecule has 1 atom stereocenters. The van der Waals surface area contributed by atoms with Crippen LogP contribution >= 0.6 is 23.1 Å². The Morgan fingerprint density at radius 3 is 2.85 bits per heavy atom. The fourth-order valence-corrected chi connectivity index (χ4v) is 4.14. The number of nitriles is 1. The first kappa shape index (κ1) is 17.8. The van der Waals surface area contributed by atoms with Crippen molar-refractivity contribution in [3.63, 3.8) is 0 Å². The summed E-state index contributed by atoms with van der Waals surface area (Å²) in [5, 5.41) is 19.1. The van der Waals surface area contributed by atoms with Gasteiger partial charge in [0.25, 0.3) is 0 Å². The maximum Gasteiger partial charge on any atom is 0.238 e. The topological polar surface area (TPSA) is 83.6 Å². The zero-order chi connectivity index (χ0) is 18.8. The molecular formula is C19H17N5OS2. The highest BCUT2D eigenvalue weighted by Gasteiger charge is 2.31. The summed E-state index contributed by atoms with van der Waals surface area (Å²) in [5.41, 5.74) is 1.46. The maximum atomic E-state index is 12.5. The molecule has 4 rings (SSSR count). The van der Waals surface area contributed by atoms with Crippen molar-refractivity contribution in [1.82, 2.24) is 14.8 Å². The lowest BCUT2D eigenvalue weighted by molar-refractivity contribution is -0.115. The van der Waals surface area contributed by atoms with Crippen LogP contribution in [0.15, 0.2) is 46.9 Å². The number of hydrogen-bond acceptors (Lipinski definition) is 6. The van der Waals surface area contributed by atoms with Crippen molar-refractivity contribution in [1.29, 1.82) is 5.26 Å². The summed E-state index contributed by atoms with van der Waals surface area (Å²) in [6, 6.07) is 13.7. The van der Waals surface area contributed by atoms with E-state index >= 15 is 0 Å². The number of carbonyl (C=O) groups excluding carboxylic acids is 1. The highest BCUT2D eigenvalue weighted by molar-refractivity contribution is 8.00. The van der Waals surface area contributed by atoms with Crippen LogP contribution in [0.25, 0.3) is 5.69 Å². The lowest BCUT2D eigenvalue weighted by Gasteiger charge is -2.08. The fourth-order valence-electron chi connectivity index (χ4n) is 2.64. The molecule has 0 aliphatic heterocycles. The predicted octanol–water partition coefficient (Wildman–Crippen LogP) is 4.20. The average Bonchev–Trinajstić information content (AvgIpc) is 3.29. The highest BCUT2D eigenvalue weighted by atomic mass is 32.2. The molecule has 27 heavy (non-hydrogen) atoms. The lowest BCUT2D eigenvalue weighted by Crippen LogP contribution is -2.22. The number of benzene rings is 1. The minimum absolute atomic E-state index is 0.164. The Kier molecular flexibility index (Phi) is 4.97. The van der Waals surface area contributed by atoms with Gasteiger partial charge in [0.05, 0.1) is 16.5 Å². The van der Waals surface area contributed by atoms with Gasteiger partial charge in [-0.05, 0) is 43.3 Å². The Morgan fingerprint density at radius 1 is 1.37 bits per heavy atom. The van der Waals surface area contributed by atoms with E-state index in [1.165, 1.54) is 23.1 Å². The van der Waals surface area contributed by atoms with Crippen LogP contribution in [0.3, 0.4) is 0 Å². The fraction of sp³-hybridized carbons (Fsp3) is 0.263. The summed E-state index contributed by atoms with van der Waals surface area (Å²) in [6.07, 6.45) is 2.25. The summed E-state index contributed by atoms with van der Waals surface area (Å²) in [5.74, 6) is 1.24. The normalized spacial score (nSPS) is 14.5. The Bertz CT molecular complexity index is 1000. The molecule has 1 fully saturated rings. The number of hydrogen-bond donors (Lipinski definition) is 1. The Hall–Kier alpha value is -2.63. The number of thiophene rings is 1. The van der Waals surface area contributed by atoms with Gasteiger partial charge in [-0.15, -0.1) is 16.4 Å². The predicted molar refractivity (Wildman–Crippen MR) is 106 cm³/mol. The number of thioether (sulfide) groups is 1. The Balaban J connectivity index is 1.51. The number of para-hydroxylation sites is 1. The maximum absolute atomic E-state index is 12.5. The van der Waals surface area contributed by atoms with Crippen molar-refractivity contribution in [2.45, 2.75) is 36.1 Å². The van der Waals surface area contributed by atoms with E-state index in [0.29, 0.717) is 21.6 Å². The van der Waals surface area contributed by atoms with Crippen LogP contribution in [-0.4, -0.2) is 25.9 Å². The van der Waals surface area contributed by atoms with E-state index in [1.54, 1.807) is 11.4 Å². The van der Waals surface area contributed by atoms with Crippen molar-refractivity contribution >= 4 is 34.0 Å². The van der Waals surface area contributed by atoms with Gasteiger partial charge in [-0.3, -0.25) is 4.79 Å². The van der Waals surface area contributed by atoms with E-state index in [2.05, 4.69) is 21.5 Å². The molecule has 2 aromatic heterocycles. The van der Waals surface area contributed by atoms with Crippen molar-refractivity contribution in [2.75, 3.05) is 5.32 Å². The third kappa shape index (κ3) is 3.89. The van der Waals surface area contributed by atoms with Crippen LogP contribution < -0.4 is 5.32 Å². The van der Waals surface area contributed by atoms with Gasteiger partial charge in [0.2, 0.25) is 11.1 Å². The molecule has 0 unspecified atom stereocenters. The largest absolute Gasteiger partial charge is 0.316 e. The van der Waals surface area contributed by atoms with Gasteiger partial charge < -0.3 is 5.32 Å². The van der Waals surface area contributed by atoms with Crippen LogP contribution in [0, 0.1) is 11.3 Å². The Labute approximate surface area is 165 Å². The molecule has 1 aliphatic rings.